The Morgan fingerprint density at radius 3 is 2.28 bits per heavy atom. The summed E-state index contributed by atoms with van der Waals surface area (Å²) in [5.74, 6) is 0.694. The van der Waals surface area contributed by atoms with Crippen molar-refractivity contribution in [3.05, 3.63) is 94.8 Å². The van der Waals surface area contributed by atoms with Gasteiger partial charge in [-0.1, -0.05) is 72.3 Å². The number of aryl methyl sites for hydroxylation is 1. The number of benzene rings is 4. The van der Waals surface area contributed by atoms with Gasteiger partial charge in [0.15, 0.2) is 5.82 Å². The number of hydrogen-bond donors (Lipinski definition) is 1. The lowest BCUT2D eigenvalue weighted by Gasteiger charge is -2.08. The molecule has 0 radical (unpaired) electrons. The van der Waals surface area contributed by atoms with E-state index in [1.165, 1.54) is 10.8 Å². The van der Waals surface area contributed by atoms with Crippen molar-refractivity contribution in [2.45, 2.75) is 6.92 Å². The number of aromatic amines is 1. The summed E-state index contributed by atoms with van der Waals surface area (Å²) in [6, 6.07) is 27.1. The van der Waals surface area contributed by atoms with Gasteiger partial charge in [0.1, 0.15) is 0 Å². The number of rotatable bonds is 3. The predicted octanol–water partition coefficient (Wildman–Crippen LogP) is 6.10. The average molecular weight is 395 g/mol. The van der Waals surface area contributed by atoms with Crippen molar-refractivity contribution in [3.63, 3.8) is 0 Å². The molecule has 0 aliphatic heterocycles. The molecule has 0 bridgehead atoms. The normalized spacial score (nSPS) is 11.6. The molecule has 0 unspecified atom stereocenters. The zero-order chi connectivity index (χ0) is 19.8. The van der Waals surface area contributed by atoms with Gasteiger partial charge in [-0.05, 0) is 52.8 Å². The van der Waals surface area contributed by atoms with Crippen LogP contribution in [0.15, 0.2) is 84.0 Å². The fourth-order valence-electron chi connectivity index (χ4n) is 3.67. The average Bonchev–Trinajstić information content (AvgIpc) is 3.11. The van der Waals surface area contributed by atoms with E-state index in [1.807, 2.05) is 18.3 Å². The zero-order valence-corrected chi connectivity index (χ0v) is 16.6. The summed E-state index contributed by atoms with van der Waals surface area (Å²) in [7, 11) is 0. The van der Waals surface area contributed by atoms with Gasteiger partial charge in [0, 0.05) is 11.1 Å². The highest BCUT2D eigenvalue weighted by atomic mass is 32.1. The molecule has 29 heavy (non-hydrogen) atoms. The molecule has 4 aromatic carbocycles. The first-order valence-corrected chi connectivity index (χ1v) is 9.81. The number of H-pyrrole nitrogens is 1. The summed E-state index contributed by atoms with van der Waals surface area (Å²) in [6.45, 7) is 2.06. The maximum Gasteiger partial charge on any atom is 0.216 e. The molecule has 4 nitrogen and oxygen atoms in total. The molecule has 0 amide bonds. The van der Waals surface area contributed by atoms with E-state index in [-0.39, 0.29) is 0 Å². The molecule has 0 fully saturated rings. The zero-order valence-electron chi connectivity index (χ0n) is 15.8. The van der Waals surface area contributed by atoms with E-state index in [0.29, 0.717) is 10.6 Å². The van der Waals surface area contributed by atoms with Crippen LogP contribution in [-0.2, 0) is 0 Å². The Balaban J connectivity index is 1.71. The Hall–Kier alpha value is -3.57. The van der Waals surface area contributed by atoms with E-state index in [9.17, 15) is 0 Å². The monoisotopic (exact) mass is 394 g/mol. The van der Waals surface area contributed by atoms with Crippen LogP contribution in [0.1, 0.15) is 11.1 Å². The minimum atomic E-state index is 0.460. The Morgan fingerprint density at radius 1 is 0.897 bits per heavy atom. The fourth-order valence-corrected chi connectivity index (χ4v) is 3.85. The van der Waals surface area contributed by atoms with Crippen molar-refractivity contribution in [2.75, 3.05) is 0 Å². The topological polar surface area (TPSA) is 46.0 Å². The maximum absolute atomic E-state index is 5.44. The van der Waals surface area contributed by atoms with Crippen molar-refractivity contribution < 1.29 is 0 Å². The molecule has 1 N–H and O–H groups in total. The van der Waals surface area contributed by atoms with Crippen LogP contribution >= 0.6 is 12.2 Å². The van der Waals surface area contributed by atoms with Gasteiger partial charge in [-0.3, -0.25) is 0 Å². The van der Waals surface area contributed by atoms with Crippen LogP contribution in [-0.4, -0.2) is 21.1 Å². The van der Waals surface area contributed by atoms with Gasteiger partial charge in [0.2, 0.25) is 4.77 Å². The molecule has 5 aromatic rings. The Bertz CT molecular complexity index is 1390. The second kappa shape index (κ2) is 7.11. The minimum absolute atomic E-state index is 0.460. The molecule has 140 valence electrons. The van der Waals surface area contributed by atoms with E-state index in [1.54, 1.807) is 4.68 Å². The number of aromatic nitrogens is 3. The molecule has 5 heteroatoms. The van der Waals surface area contributed by atoms with Crippen molar-refractivity contribution in [1.82, 2.24) is 14.9 Å². The van der Waals surface area contributed by atoms with Gasteiger partial charge in [-0.2, -0.15) is 14.9 Å². The molecule has 0 saturated heterocycles. The van der Waals surface area contributed by atoms with Gasteiger partial charge in [-0.25, -0.2) is 5.10 Å². The highest BCUT2D eigenvalue weighted by Crippen LogP contribution is 2.27. The van der Waals surface area contributed by atoms with Crippen LogP contribution in [0.3, 0.4) is 0 Å². The number of fused-ring (bicyclic) bond motifs is 2. The smallest absolute Gasteiger partial charge is 0.216 e. The predicted molar refractivity (Wildman–Crippen MR) is 122 cm³/mol. The van der Waals surface area contributed by atoms with Crippen molar-refractivity contribution >= 4 is 40.0 Å². The molecule has 0 saturated carbocycles. The van der Waals surface area contributed by atoms with Gasteiger partial charge >= 0.3 is 0 Å². The van der Waals surface area contributed by atoms with Crippen LogP contribution in [0, 0.1) is 11.7 Å². The van der Waals surface area contributed by atoms with E-state index in [0.717, 1.165) is 27.5 Å². The first-order chi connectivity index (χ1) is 14.2. The molecular weight excluding hydrogens is 376 g/mol. The lowest BCUT2D eigenvalue weighted by atomic mass is 9.97. The molecule has 1 heterocycles. The summed E-state index contributed by atoms with van der Waals surface area (Å²) in [5.41, 5.74) is 3.20. The Morgan fingerprint density at radius 2 is 1.59 bits per heavy atom. The number of nitrogens with zero attached hydrogens (tertiary/aromatic N) is 3. The van der Waals surface area contributed by atoms with E-state index >= 15 is 0 Å². The van der Waals surface area contributed by atoms with Crippen LogP contribution in [0.5, 0.6) is 0 Å². The van der Waals surface area contributed by atoms with Crippen molar-refractivity contribution in [2.24, 2.45) is 5.10 Å². The lowest BCUT2D eigenvalue weighted by molar-refractivity contribution is 0.872. The second-order valence-electron chi connectivity index (χ2n) is 7.01. The lowest BCUT2D eigenvalue weighted by Crippen LogP contribution is -1.96. The third kappa shape index (κ3) is 3.15. The molecule has 1 aromatic heterocycles. The third-order valence-electron chi connectivity index (χ3n) is 5.04. The van der Waals surface area contributed by atoms with Crippen LogP contribution in [0.2, 0.25) is 0 Å². The first kappa shape index (κ1) is 17.5. The van der Waals surface area contributed by atoms with Gasteiger partial charge in [0.05, 0.1) is 6.21 Å². The van der Waals surface area contributed by atoms with E-state index < -0.39 is 0 Å². The summed E-state index contributed by atoms with van der Waals surface area (Å²) in [5, 5.41) is 16.7. The summed E-state index contributed by atoms with van der Waals surface area (Å²) < 4.78 is 2.14. The highest BCUT2D eigenvalue weighted by Gasteiger charge is 2.09. The quantitative estimate of drug-likeness (QED) is 0.228. The fraction of sp³-hybridized carbons (Fsp3) is 0.0417. The van der Waals surface area contributed by atoms with E-state index in [4.69, 9.17) is 17.3 Å². The van der Waals surface area contributed by atoms with E-state index in [2.05, 4.69) is 83.9 Å². The van der Waals surface area contributed by atoms with Gasteiger partial charge in [-0.15, -0.1) is 0 Å². The molecule has 0 atom stereocenters. The van der Waals surface area contributed by atoms with Crippen LogP contribution < -0.4 is 0 Å². The molecule has 0 spiro atoms. The molecular formula is C24H18N4S. The largest absolute Gasteiger partial charge is 0.250 e. The SMILES string of the molecule is Cc1cccc(-c2n[nH]c(=S)n2N=Cc2c3ccccc3cc3ccccc23)c1. The minimum Gasteiger partial charge on any atom is -0.250 e. The second-order valence-corrected chi connectivity index (χ2v) is 7.40. The number of hydrogen-bond acceptors (Lipinski definition) is 3. The van der Waals surface area contributed by atoms with Crippen LogP contribution in [0.4, 0.5) is 0 Å². The molecule has 0 aliphatic rings. The Labute approximate surface area is 173 Å². The Kier molecular flexibility index (Phi) is 4.30. The van der Waals surface area contributed by atoms with Crippen LogP contribution in [0.25, 0.3) is 32.9 Å². The summed E-state index contributed by atoms with van der Waals surface area (Å²) in [4.78, 5) is 0. The van der Waals surface area contributed by atoms with Gasteiger partial charge < -0.3 is 0 Å². The molecule has 0 aliphatic carbocycles. The standard InChI is InChI=1S/C24H18N4S/c1-16-7-6-10-19(13-16)23-26-27-24(29)28(23)25-15-22-20-11-4-2-8-17(20)14-18-9-3-5-12-21(18)22/h2-15H,1H3,(H,27,29). The maximum atomic E-state index is 5.44. The highest BCUT2D eigenvalue weighted by molar-refractivity contribution is 7.71. The summed E-state index contributed by atoms with van der Waals surface area (Å²) >= 11 is 5.44. The number of nitrogens with one attached hydrogen (secondary N) is 1. The molecule has 5 rings (SSSR count). The first-order valence-electron chi connectivity index (χ1n) is 9.40. The third-order valence-corrected chi connectivity index (χ3v) is 5.31. The van der Waals surface area contributed by atoms with Crippen molar-refractivity contribution in [3.8, 4) is 11.4 Å². The van der Waals surface area contributed by atoms with Gasteiger partial charge in [0.25, 0.3) is 0 Å². The van der Waals surface area contributed by atoms with Crippen molar-refractivity contribution in [1.29, 1.82) is 0 Å². The summed E-state index contributed by atoms with van der Waals surface area (Å²) in [6.07, 6.45) is 1.88.